The highest BCUT2D eigenvalue weighted by Crippen LogP contribution is 2.14. The summed E-state index contributed by atoms with van der Waals surface area (Å²) >= 11 is 3.90. The van der Waals surface area contributed by atoms with E-state index in [-0.39, 0.29) is 5.46 Å². The molecule has 0 fully saturated rings. The van der Waals surface area contributed by atoms with Crippen molar-refractivity contribution in [2.24, 2.45) is 0 Å². The Morgan fingerprint density at radius 3 is 2.36 bits per heavy atom. The minimum atomic E-state index is -0.421. The number of benzene rings is 1. The lowest BCUT2D eigenvalue weighted by Gasteiger charge is -2.06. The van der Waals surface area contributed by atoms with E-state index in [1.165, 1.54) is 0 Å². The molecular formula is C6HB2FI2. The molecule has 0 amide bonds. The fraction of sp³-hybridized carbons (Fsp3) is 0. The number of halogens is 3. The molecule has 0 nitrogen and oxygen atoms in total. The molecule has 0 atom stereocenters. The zero-order chi connectivity index (χ0) is 8.59. The van der Waals surface area contributed by atoms with Gasteiger partial charge in [0.1, 0.15) is 21.5 Å². The van der Waals surface area contributed by atoms with Crippen LogP contribution in [0.2, 0.25) is 0 Å². The highest BCUT2D eigenvalue weighted by molar-refractivity contribution is 14.1. The van der Waals surface area contributed by atoms with Gasteiger partial charge in [-0.15, -0.1) is 0 Å². The Kier molecular flexibility index (Phi) is 3.25. The van der Waals surface area contributed by atoms with Crippen molar-refractivity contribution in [3.8, 4) is 0 Å². The molecule has 11 heavy (non-hydrogen) atoms. The third-order valence-electron chi connectivity index (χ3n) is 1.23. The summed E-state index contributed by atoms with van der Waals surface area (Å²) in [5.74, 6) is -0.421. The first kappa shape index (κ1) is 9.83. The van der Waals surface area contributed by atoms with Crippen LogP contribution < -0.4 is 10.9 Å². The molecule has 0 aliphatic heterocycles. The largest absolute Gasteiger partial charge is 0.206 e. The molecule has 0 N–H and O–H groups in total. The molecule has 0 spiro atoms. The van der Waals surface area contributed by atoms with Gasteiger partial charge < -0.3 is 0 Å². The maximum atomic E-state index is 13.0. The topological polar surface area (TPSA) is 0 Å². The van der Waals surface area contributed by atoms with E-state index in [2.05, 4.69) is 0 Å². The molecule has 0 bridgehead atoms. The average Bonchev–Trinajstić information content (AvgIpc) is 1.97. The second-order valence-corrected chi connectivity index (χ2v) is 4.23. The van der Waals surface area contributed by atoms with Crippen LogP contribution in [-0.2, 0) is 0 Å². The predicted molar refractivity (Wildman–Crippen MR) is 62.6 cm³/mol. The summed E-state index contributed by atoms with van der Waals surface area (Å²) in [4.78, 5) is 0. The van der Waals surface area contributed by atoms with Crippen LogP contribution in [0.5, 0.6) is 0 Å². The van der Waals surface area contributed by atoms with Crippen LogP contribution in [0.25, 0.3) is 0 Å². The summed E-state index contributed by atoms with van der Waals surface area (Å²) in [6.07, 6.45) is 0. The molecular weight excluding hydrogens is 366 g/mol. The predicted octanol–water partition coefficient (Wildman–Crippen LogP) is 0.622. The fourth-order valence-electron chi connectivity index (χ4n) is 0.627. The van der Waals surface area contributed by atoms with E-state index in [0.717, 1.165) is 3.57 Å². The Hall–Kier alpha value is 0.740. The van der Waals surface area contributed by atoms with Crippen molar-refractivity contribution in [1.29, 1.82) is 0 Å². The van der Waals surface area contributed by atoms with Crippen molar-refractivity contribution in [1.82, 2.24) is 0 Å². The van der Waals surface area contributed by atoms with Crippen molar-refractivity contribution < 1.29 is 4.39 Å². The molecule has 4 radical (unpaired) electrons. The molecule has 1 aromatic rings. The van der Waals surface area contributed by atoms with Crippen molar-refractivity contribution in [2.45, 2.75) is 0 Å². The molecule has 0 unspecified atom stereocenters. The van der Waals surface area contributed by atoms with Crippen molar-refractivity contribution in [2.75, 3.05) is 0 Å². The Bertz CT molecular complexity index is 275. The second-order valence-electron chi connectivity index (χ2n) is 1.99. The summed E-state index contributed by atoms with van der Waals surface area (Å²) in [5.41, 5.74) is 0.335. The van der Waals surface area contributed by atoms with Gasteiger partial charge in [-0.1, -0.05) is 17.0 Å². The molecule has 52 valence electrons. The number of hydrogen-bond acceptors (Lipinski definition) is 0. The van der Waals surface area contributed by atoms with Crippen molar-refractivity contribution in [3.63, 3.8) is 0 Å². The first-order valence-electron chi connectivity index (χ1n) is 2.72. The Labute approximate surface area is 94.4 Å². The van der Waals surface area contributed by atoms with Gasteiger partial charge in [-0.2, -0.15) is 0 Å². The van der Waals surface area contributed by atoms with Crippen LogP contribution in [0, 0.1) is 13.0 Å². The monoisotopic (exact) mass is 368 g/mol. The molecule has 0 saturated carbocycles. The van der Waals surface area contributed by atoms with E-state index < -0.39 is 5.82 Å². The summed E-state index contributed by atoms with van der Waals surface area (Å²) in [7, 11) is 10.8. The molecule has 1 aromatic carbocycles. The van der Waals surface area contributed by atoms with Gasteiger partial charge in [0.25, 0.3) is 0 Å². The molecule has 1 rings (SSSR count). The quantitative estimate of drug-likeness (QED) is 0.358. The van der Waals surface area contributed by atoms with Gasteiger partial charge in [-0.25, -0.2) is 4.39 Å². The Morgan fingerprint density at radius 1 is 1.27 bits per heavy atom. The van der Waals surface area contributed by atoms with Gasteiger partial charge in [0.15, 0.2) is 0 Å². The summed E-state index contributed by atoms with van der Waals surface area (Å²) in [6.45, 7) is 0. The van der Waals surface area contributed by atoms with Crippen LogP contribution in [-0.4, -0.2) is 15.7 Å². The summed E-state index contributed by atoms with van der Waals surface area (Å²) in [6, 6.07) is 1.65. The van der Waals surface area contributed by atoms with Crippen LogP contribution in [0.15, 0.2) is 6.07 Å². The van der Waals surface area contributed by atoms with E-state index in [1.807, 2.05) is 45.2 Å². The lowest BCUT2D eigenvalue weighted by atomic mass is 9.80. The fourth-order valence-corrected chi connectivity index (χ4v) is 1.65. The Balaban J connectivity index is 3.46. The van der Waals surface area contributed by atoms with Gasteiger partial charge in [-0.3, -0.25) is 0 Å². The average molecular weight is 368 g/mol. The first-order valence-corrected chi connectivity index (χ1v) is 4.88. The summed E-state index contributed by atoms with van der Waals surface area (Å²) in [5, 5.41) is 0. The molecule has 5 heteroatoms. The molecule has 0 aliphatic rings. The van der Waals surface area contributed by atoms with E-state index in [9.17, 15) is 4.39 Å². The zero-order valence-corrected chi connectivity index (χ0v) is 9.68. The van der Waals surface area contributed by atoms with Crippen LogP contribution in [0.3, 0.4) is 0 Å². The first-order chi connectivity index (χ1) is 5.04. The summed E-state index contributed by atoms with van der Waals surface area (Å²) < 4.78 is 14.3. The number of hydrogen-bond donors (Lipinski definition) is 0. The highest BCUT2D eigenvalue weighted by Gasteiger charge is 2.07. The maximum Gasteiger partial charge on any atom is 0.129 e. The zero-order valence-electron chi connectivity index (χ0n) is 5.37. The van der Waals surface area contributed by atoms with Gasteiger partial charge in [-0.05, 0) is 45.2 Å². The van der Waals surface area contributed by atoms with Crippen LogP contribution >= 0.6 is 45.2 Å². The van der Waals surface area contributed by atoms with E-state index in [0.29, 0.717) is 9.03 Å². The minimum absolute atomic E-state index is 0.0369. The van der Waals surface area contributed by atoms with Gasteiger partial charge in [0, 0.05) is 3.57 Å². The lowest BCUT2D eigenvalue weighted by molar-refractivity contribution is 0.628. The normalized spacial score (nSPS) is 10.1. The van der Waals surface area contributed by atoms with Crippen molar-refractivity contribution in [3.05, 3.63) is 19.0 Å². The third kappa shape index (κ3) is 1.91. The Morgan fingerprint density at radius 2 is 1.82 bits per heavy atom. The van der Waals surface area contributed by atoms with Gasteiger partial charge in [0.2, 0.25) is 0 Å². The standard InChI is InChI=1S/C6HB2FI2/c7-2-1-3(10)6(11)5(9)4(2)8/h1H. The second kappa shape index (κ2) is 3.64. The molecule has 0 heterocycles. The third-order valence-corrected chi connectivity index (χ3v) is 4.17. The number of rotatable bonds is 0. The van der Waals surface area contributed by atoms with E-state index >= 15 is 0 Å². The van der Waals surface area contributed by atoms with Crippen molar-refractivity contribution >= 4 is 71.8 Å². The van der Waals surface area contributed by atoms with Gasteiger partial charge >= 0.3 is 0 Å². The highest BCUT2D eigenvalue weighted by atomic mass is 127. The van der Waals surface area contributed by atoms with Crippen LogP contribution in [0.4, 0.5) is 4.39 Å². The molecule has 0 aliphatic carbocycles. The van der Waals surface area contributed by atoms with Crippen LogP contribution in [0.1, 0.15) is 0 Å². The van der Waals surface area contributed by atoms with Gasteiger partial charge in [0.05, 0.1) is 3.57 Å². The lowest BCUT2D eigenvalue weighted by Crippen LogP contribution is -2.30. The molecule has 0 aromatic heterocycles. The minimum Gasteiger partial charge on any atom is -0.206 e. The van der Waals surface area contributed by atoms with E-state index in [1.54, 1.807) is 6.07 Å². The van der Waals surface area contributed by atoms with E-state index in [4.69, 9.17) is 15.7 Å². The molecule has 0 saturated heterocycles. The smallest absolute Gasteiger partial charge is 0.129 e. The maximum absolute atomic E-state index is 13.0. The SMILES string of the molecule is [B]c1cc(I)c(I)c(F)c1[B].